The predicted octanol–water partition coefficient (Wildman–Crippen LogP) is 6.59. The van der Waals surface area contributed by atoms with Crippen molar-refractivity contribution in [3.8, 4) is 0 Å². The van der Waals surface area contributed by atoms with E-state index in [1.54, 1.807) is 36.4 Å². The Morgan fingerprint density at radius 2 is 1.81 bits per heavy atom. The van der Waals surface area contributed by atoms with E-state index in [0.29, 0.717) is 38.8 Å². The maximum absolute atomic E-state index is 13.0. The lowest BCUT2D eigenvalue weighted by Crippen LogP contribution is -2.34. The van der Waals surface area contributed by atoms with Gasteiger partial charge in [0.05, 0.1) is 22.4 Å². The van der Waals surface area contributed by atoms with Crippen molar-refractivity contribution >= 4 is 64.1 Å². The number of aromatic nitrogens is 3. The Balaban J connectivity index is 1.77. The standard InChI is InChI=1S/C25H26Cl3N5O2S/c1-5-10-33-23(22(14(2)3)30-24(35)18-8-6-17(27)12-19(18)28)31-32-25(33)36-13-21(34)29-20-9-7-16(26)11-15(20)4/h5-9,11-12,14,22H,1,10,13H2,2-4H3,(H,29,34)(H,30,35)/t22-/m1/s1. The third kappa shape index (κ3) is 7.03. The third-order valence-corrected chi connectivity index (χ3v) is 7.01. The van der Waals surface area contributed by atoms with Gasteiger partial charge >= 0.3 is 0 Å². The minimum atomic E-state index is -0.461. The van der Waals surface area contributed by atoms with Gasteiger partial charge in [-0.25, -0.2) is 0 Å². The molecule has 0 aliphatic carbocycles. The fraction of sp³-hybridized carbons (Fsp3) is 0.280. The number of hydrogen-bond acceptors (Lipinski definition) is 5. The molecule has 1 heterocycles. The van der Waals surface area contributed by atoms with Gasteiger partial charge in [0, 0.05) is 22.3 Å². The molecule has 1 aromatic heterocycles. The summed E-state index contributed by atoms with van der Waals surface area (Å²) in [5.74, 6) is 0.124. The zero-order valence-corrected chi connectivity index (χ0v) is 23.1. The lowest BCUT2D eigenvalue weighted by atomic mass is 10.0. The molecule has 0 fully saturated rings. The topological polar surface area (TPSA) is 88.9 Å². The number of nitrogens with one attached hydrogen (secondary N) is 2. The largest absolute Gasteiger partial charge is 0.342 e. The van der Waals surface area contributed by atoms with E-state index in [1.165, 1.54) is 17.8 Å². The van der Waals surface area contributed by atoms with Crippen LogP contribution in [0.4, 0.5) is 5.69 Å². The minimum absolute atomic E-state index is 0.0122. The van der Waals surface area contributed by atoms with E-state index < -0.39 is 6.04 Å². The summed E-state index contributed by atoms with van der Waals surface area (Å²) in [6.07, 6.45) is 1.71. The molecule has 0 spiro atoms. The molecule has 0 bridgehead atoms. The molecule has 190 valence electrons. The summed E-state index contributed by atoms with van der Waals surface area (Å²) >= 11 is 19.4. The molecule has 0 aliphatic rings. The molecule has 2 N–H and O–H groups in total. The van der Waals surface area contributed by atoms with Crippen molar-refractivity contribution in [3.63, 3.8) is 0 Å². The number of allylic oxidation sites excluding steroid dienone is 1. The molecule has 0 saturated carbocycles. The summed E-state index contributed by atoms with van der Waals surface area (Å²) in [7, 11) is 0. The number of amides is 2. The van der Waals surface area contributed by atoms with Crippen LogP contribution in [0.2, 0.25) is 15.1 Å². The van der Waals surface area contributed by atoms with E-state index in [0.717, 1.165) is 5.56 Å². The summed E-state index contributed by atoms with van der Waals surface area (Å²) in [4.78, 5) is 25.6. The summed E-state index contributed by atoms with van der Waals surface area (Å²) in [6.45, 7) is 10.0. The third-order valence-electron chi connectivity index (χ3n) is 5.26. The van der Waals surface area contributed by atoms with Crippen LogP contribution in [-0.4, -0.2) is 32.3 Å². The molecule has 3 rings (SSSR count). The molecule has 0 unspecified atom stereocenters. The van der Waals surface area contributed by atoms with Gasteiger partial charge in [-0.05, 0) is 54.8 Å². The van der Waals surface area contributed by atoms with Gasteiger partial charge in [0.15, 0.2) is 11.0 Å². The van der Waals surface area contributed by atoms with E-state index in [-0.39, 0.29) is 28.5 Å². The zero-order valence-electron chi connectivity index (χ0n) is 20.0. The molecule has 7 nitrogen and oxygen atoms in total. The van der Waals surface area contributed by atoms with Crippen LogP contribution >= 0.6 is 46.6 Å². The predicted molar refractivity (Wildman–Crippen MR) is 147 cm³/mol. The number of carbonyl (C=O) groups is 2. The number of hydrogen-bond donors (Lipinski definition) is 2. The van der Waals surface area contributed by atoms with Gasteiger partial charge in [-0.2, -0.15) is 0 Å². The van der Waals surface area contributed by atoms with Crippen LogP contribution in [0.1, 0.15) is 41.6 Å². The highest BCUT2D eigenvalue weighted by Crippen LogP contribution is 2.28. The van der Waals surface area contributed by atoms with Gasteiger partial charge in [0.1, 0.15) is 0 Å². The van der Waals surface area contributed by atoms with E-state index in [2.05, 4.69) is 27.4 Å². The lowest BCUT2D eigenvalue weighted by Gasteiger charge is -2.23. The van der Waals surface area contributed by atoms with Crippen molar-refractivity contribution in [1.29, 1.82) is 0 Å². The van der Waals surface area contributed by atoms with Crippen molar-refractivity contribution in [2.45, 2.75) is 38.5 Å². The second kappa shape index (κ2) is 12.6. The Morgan fingerprint density at radius 3 is 2.44 bits per heavy atom. The molecule has 1 atom stereocenters. The number of anilines is 1. The Hall–Kier alpha value is -2.52. The second-order valence-electron chi connectivity index (χ2n) is 8.36. The fourth-order valence-electron chi connectivity index (χ4n) is 3.44. The quantitative estimate of drug-likeness (QED) is 0.213. The number of carbonyl (C=O) groups excluding carboxylic acids is 2. The van der Waals surface area contributed by atoms with E-state index >= 15 is 0 Å². The van der Waals surface area contributed by atoms with E-state index in [4.69, 9.17) is 34.8 Å². The Kier molecular flexibility index (Phi) is 9.84. The Morgan fingerprint density at radius 1 is 1.11 bits per heavy atom. The molecular weight excluding hydrogens is 541 g/mol. The average molecular weight is 567 g/mol. The molecule has 0 aliphatic heterocycles. The normalized spacial score (nSPS) is 11.9. The minimum Gasteiger partial charge on any atom is -0.342 e. The van der Waals surface area contributed by atoms with E-state index in [1.807, 2.05) is 25.3 Å². The molecule has 2 aromatic carbocycles. The van der Waals surface area contributed by atoms with Crippen LogP contribution in [0.15, 0.2) is 54.2 Å². The van der Waals surface area contributed by atoms with Crippen LogP contribution in [-0.2, 0) is 11.3 Å². The first-order valence-corrected chi connectivity index (χ1v) is 13.2. The first-order chi connectivity index (χ1) is 17.1. The number of halogens is 3. The maximum Gasteiger partial charge on any atom is 0.253 e. The van der Waals surface area contributed by atoms with Crippen molar-refractivity contribution < 1.29 is 9.59 Å². The van der Waals surface area contributed by atoms with Crippen LogP contribution in [0.25, 0.3) is 0 Å². The van der Waals surface area contributed by atoms with Crippen molar-refractivity contribution in [1.82, 2.24) is 20.1 Å². The van der Waals surface area contributed by atoms with Gasteiger partial charge in [-0.3, -0.25) is 9.59 Å². The van der Waals surface area contributed by atoms with Crippen LogP contribution < -0.4 is 10.6 Å². The number of thioether (sulfide) groups is 1. The van der Waals surface area contributed by atoms with Gasteiger partial charge in [0.25, 0.3) is 5.91 Å². The monoisotopic (exact) mass is 565 g/mol. The van der Waals surface area contributed by atoms with Gasteiger partial charge in [-0.15, -0.1) is 16.8 Å². The van der Waals surface area contributed by atoms with Crippen molar-refractivity contribution in [2.75, 3.05) is 11.1 Å². The molecule has 11 heteroatoms. The molecule has 0 radical (unpaired) electrons. The van der Waals surface area contributed by atoms with Crippen molar-refractivity contribution in [3.05, 3.63) is 81.1 Å². The highest BCUT2D eigenvalue weighted by molar-refractivity contribution is 7.99. The van der Waals surface area contributed by atoms with Crippen molar-refractivity contribution in [2.24, 2.45) is 5.92 Å². The smallest absolute Gasteiger partial charge is 0.253 e. The highest BCUT2D eigenvalue weighted by Gasteiger charge is 2.27. The van der Waals surface area contributed by atoms with Crippen LogP contribution in [0.5, 0.6) is 0 Å². The number of benzene rings is 2. The summed E-state index contributed by atoms with van der Waals surface area (Å²) < 4.78 is 1.84. The van der Waals surface area contributed by atoms with Gasteiger partial charge in [-0.1, -0.05) is 66.5 Å². The van der Waals surface area contributed by atoms with E-state index in [9.17, 15) is 9.59 Å². The average Bonchev–Trinajstić information content (AvgIpc) is 3.20. The summed E-state index contributed by atoms with van der Waals surface area (Å²) in [5, 5.41) is 16.4. The van der Waals surface area contributed by atoms with Gasteiger partial charge < -0.3 is 15.2 Å². The Bertz CT molecular complexity index is 1280. The summed E-state index contributed by atoms with van der Waals surface area (Å²) in [5.41, 5.74) is 1.88. The van der Waals surface area contributed by atoms with Crippen LogP contribution in [0.3, 0.4) is 0 Å². The van der Waals surface area contributed by atoms with Crippen LogP contribution in [0, 0.1) is 12.8 Å². The zero-order chi connectivity index (χ0) is 26.4. The highest BCUT2D eigenvalue weighted by atomic mass is 35.5. The lowest BCUT2D eigenvalue weighted by molar-refractivity contribution is -0.113. The molecule has 2 amide bonds. The fourth-order valence-corrected chi connectivity index (χ4v) is 4.92. The number of nitrogens with zero attached hydrogens (tertiary/aromatic N) is 3. The SMILES string of the molecule is C=CCn1c(SCC(=O)Nc2ccc(Cl)cc2C)nnc1[C@H](NC(=O)c1ccc(Cl)cc1Cl)C(C)C. The van der Waals surface area contributed by atoms with Gasteiger partial charge in [0.2, 0.25) is 5.91 Å². The second-order valence-corrected chi connectivity index (χ2v) is 10.6. The number of rotatable bonds is 10. The summed E-state index contributed by atoms with van der Waals surface area (Å²) in [6, 6.07) is 9.52. The number of aryl methyl sites for hydroxylation is 1. The first kappa shape index (κ1) is 28.1. The molecule has 36 heavy (non-hydrogen) atoms. The molecule has 3 aromatic rings. The first-order valence-electron chi connectivity index (χ1n) is 11.1. The maximum atomic E-state index is 13.0. The molecule has 0 saturated heterocycles. The Labute approximate surface area is 229 Å². The molecular formula is C25H26Cl3N5O2S.